The van der Waals surface area contributed by atoms with Gasteiger partial charge in [0.2, 0.25) is 5.91 Å². The molecule has 8 nitrogen and oxygen atoms in total. The van der Waals surface area contributed by atoms with Crippen molar-refractivity contribution in [1.82, 2.24) is 10.2 Å². The van der Waals surface area contributed by atoms with Gasteiger partial charge in [0.1, 0.15) is 6.04 Å². The van der Waals surface area contributed by atoms with Crippen LogP contribution in [-0.4, -0.2) is 46.9 Å². The van der Waals surface area contributed by atoms with Crippen LogP contribution in [0.1, 0.15) is 16.8 Å². The number of anilines is 1. The van der Waals surface area contributed by atoms with Crippen LogP contribution in [0.2, 0.25) is 0 Å². The van der Waals surface area contributed by atoms with Crippen molar-refractivity contribution in [3.8, 4) is 0 Å². The Hall–Kier alpha value is -2.90. The molecule has 1 atom stereocenters. The van der Waals surface area contributed by atoms with Gasteiger partial charge in [0.15, 0.2) is 0 Å². The van der Waals surface area contributed by atoms with Gasteiger partial charge in [0.05, 0.1) is 12.0 Å². The standard InChI is InChI=1S/C13H13N3O5/c1-16-10(17)6-9(11(16)18)15-13(21)14-8-4-2-7(3-5-8)12(19)20/h2-5,9H,6H2,1H3,(H,19,20)(H2,14,15,21). The van der Waals surface area contributed by atoms with E-state index in [-0.39, 0.29) is 17.9 Å². The van der Waals surface area contributed by atoms with E-state index in [0.717, 1.165) is 4.90 Å². The van der Waals surface area contributed by atoms with Crippen molar-refractivity contribution in [1.29, 1.82) is 0 Å². The first-order chi connectivity index (χ1) is 9.88. The predicted molar refractivity (Wildman–Crippen MR) is 71.7 cm³/mol. The SMILES string of the molecule is CN1C(=O)CC(NC(=O)Nc2ccc(C(=O)O)cc2)C1=O. The van der Waals surface area contributed by atoms with Crippen LogP contribution in [0.5, 0.6) is 0 Å². The number of imide groups is 1. The van der Waals surface area contributed by atoms with Crippen LogP contribution in [-0.2, 0) is 9.59 Å². The van der Waals surface area contributed by atoms with Gasteiger partial charge in [-0.05, 0) is 24.3 Å². The summed E-state index contributed by atoms with van der Waals surface area (Å²) < 4.78 is 0. The lowest BCUT2D eigenvalue weighted by Crippen LogP contribution is -2.42. The van der Waals surface area contributed by atoms with E-state index in [2.05, 4.69) is 10.6 Å². The number of aromatic carboxylic acids is 1. The first kappa shape index (κ1) is 14.5. The Morgan fingerprint density at radius 3 is 2.33 bits per heavy atom. The Morgan fingerprint density at radius 2 is 1.86 bits per heavy atom. The first-order valence-electron chi connectivity index (χ1n) is 6.10. The van der Waals surface area contributed by atoms with Crippen molar-refractivity contribution >= 4 is 29.5 Å². The Kier molecular flexibility index (Phi) is 3.88. The van der Waals surface area contributed by atoms with Crippen LogP contribution >= 0.6 is 0 Å². The molecule has 0 bridgehead atoms. The van der Waals surface area contributed by atoms with Crippen LogP contribution in [0.25, 0.3) is 0 Å². The predicted octanol–water partition coefficient (Wildman–Crippen LogP) is 0.264. The molecule has 0 spiro atoms. The van der Waals surface area contributed by atoms with E-state index in [4.69, 9.17) is 5.11 Å². The second-order valence-electron chi connectivity index (χ2n) is 4.53. The van der Waals surface area contributed by atoms with Crippen LogP contribution in [0.4, 0.5) is 10.5 Å². The summed E-state index contributed by atoms with van der Waals surface area (Å²) in [6.07, 6.45) is -0.0687. The maximum atomic E-state index is 11.7. The van der Waals surface area contributed by atoms with Gasteiger partial charge >= 0.3 is 12.0 Å². The molecule has 21 heavy (non-hydrogen) atoms. The third kappa shape index (κ3) is 3.16. The third-order valence-electron chi connectivity index (χ3n) is 3.08. The maximum absolute atomic E-state index is 11.7. The average Bonchev–Trinajstić information content (AvgIpc) is 2.67. The highest BCUT2D eigenvalue weighted by Crippen LogP contribution is 2.12. The smallest absolute Gasteiger partial charge is 0.335 e. The van der Waals surface area contributed by atoms with Gasteiger partial charge in [-0.15, -0.1) is 0 Å². The molecule has 1 aromatic rings. The maximum Gasteiger partial charge on any atom is 0.335 e. The average molecular weight is 291 g/mol. The summed E-state index contributed by atoms with van der Waals surface area (Å²) >= 11 is 0. The molecule has 8 heteroatoms. The van der Waals surface area contributed by atoms with E-state index in [1.54, 1.807) is 0 Å². The summed E-state index contributed by atoms with van der Waals surface area (Å²) in [6.45, 7) is 0. The van der Waals surface area contributed by atoms with Gasteiger partial charge in [0.25, 0.3) is 5.91 Å². The second-order valence-corrected chi connectivity index (χ2v) is 4.53. The molecule has 0 radical (unpaired) electrons. The molecular formula is C13H13N3O5. The summed E-state index contributed by atoms with van der Waals surface area (Å²) in [4.78, 5) is 46.3. The molecule has 1 heterocycles. The summed E-state index contributed by atoms with van der Waals surface area (Å²) in [6, 6.07) is 4.03. The van der Waals surface area contributed by atoms with Crippen LogP contribution in [0.15, 0.2) is 24.3 Å². The van der Waals surface area contributed by atoms with Gasteiger partial charge < -0.3 is 15.7 Å². The lowest BCUT2D eigenvalue weighted by molar-refractivity contribution is -0.137. The van der Waals surface area contributed by atoms with Crippen molar-refractivity contribution in [2.75, 3.05) is 12.4 Å². The number of benzene rings is 1. The Morgan fingerprint density at radius 1 is 1.24 bits per heavy atom. The molecule has 4 amide bonds. The number of rotatable bonds is 3. The van der Waals surface area contributed by atoms with E-state index in [0.29, 0.717) is 5.69 Å². The molecule has 0 aliphatic carbocycles. The molecule has 1 aliphatic heterocycles. The number of urea groups is 1. The number of nitrogens with zero attached hydrogens (tertiary/aromatic N) is 1. The van der Waals surface area contributed by atoms with Crippen LogP contribution < -0.4 is 10.6 Å². The number of nitrogens with one attached hydrogen (secondary N) is 2. The highest BCUT2D eigenvalue weighted by atomic mass is 16.4. The second kappa shape index (κ2) is 5.61. The van der Waals surface area contributed by atoms with Crippen molar-refractivity contribution in [3.05, 3.63) is 29.8 Å². The highest BCUT2D eigenvalue weighted by molar-refractivity contribution is 6.07. The number of hydrogen-bond acceptors (Lipinski definition) is 4. The molecule has 1 unspecified atom stereocenters. The quantitative estimate of drug-likeness (QED) is 0.691. The fraction of sp³-hybridized carbons (Fsp3) is 0.231. The van der Waals surface area contributed by atoms with Crippen molar-refractivity contribution in [3.63, 3.8) is 0 Å². The number of carboxylic acids is 1. The Labute approximate surface area is 119 Å². The fourth-order valence-electron chi connectivity index (χ4n) is 1.89. The van der Waals surface area contributed by atoms with Gasteiger partial charge in [0, 0.05) is 12.7 Å². The highest BCUT2D eigenvalue weighted by Gasteiger charge is 2.36. The van der Waals surface area contributed by atoms with E-state index >= 15 is 0 Å². The number of likely N-dealkylation sites (N-methyl/N-ethyl adjacent to an activating group) is 1. The summed E-state index contributed by atoms with van der Waals surface area (Å²) in [5.41, 5.74) is 0.474. The first-order valence-corrected chi connectivity index (χ1v) is 6.10. The molecule has 2 rings (SSSR count). The molecule has 1 saturated heterocycles. The number of carboxylic acid groups (broad SMARTS) is 1. The number of likely N-dealkylation sites (tertiary alicyclic amines) is 1. The summed E-state index contributed by atoms with van der Waals surface area (Å²) in [5.74, 6) is -1.88. The fourth-order valence-corrected chi connectivity index (χ4v) is 1.89. The Balaban J connectivity index is 1.94. The van der Waals surface area contributed by atoms with Gasteiger partial charge in [-0.3, -0.25) is 14.5 Å². The van der Waals surface area contributed by atoms with Crippen LogP contribution in [0, 0.1) is 0 Å². The number of carbonyl (C=O) groups is 4. The van der Waals surface area contributed by atoms with Gasteiger partial charge in [-0.2, -0.15) is 0 Å². The number of carbonyl (C=O) groups excluding carboxylic acids is 3. The normalized spacial score (nSPS) is 17.8. The minimum Gasteiger partial charge on any atom is -0.478 e. The molecule has 1 fully saturated rings. The zero-order valence-corrected chi connectivity index (χ0v) is 11.1. The number of amides is 4. The minimum atomic E-state index is -1.07. The lowest BCUT2D eigenvalue weighted by Gasteiger charge is -2.12. The Bertz CT molecular complexity index is 611. The summed E-state index contributed by atoms with van der Waals surface area (Å²) in [7, 11) is 1.36. The van der Waals surface area contributed by atoms with E-state index < -0.39 is 23.9 Å². The zero-order chi connectivity index (χ0) is 15.6. The zero-order valence-electron chi connectivity index (χ0n) is 11.1. The molecule has 3 N–H and O–H groups in total. The van der Waals surface area contributed by atoms with E-state index in [9.17, 15) is 19.2 Å². The van der Waals surface area contributed by atoms with Crippen LogP contribution in [0.3, 0.4) is 0 Å². The largest absolute Gasteiger partial charge is 0.478 e. The van der Waals surface area contributed by atoms with E-state index in [1.165, 1.54) is 31.3 Å². The minimum absolute atomic E-state index is 0.0687. The van der Waals surface area contributed by atoms with Gasteiger partial charge in [-0.1, -0.05) is 0 Å². The molecule has 110 valence electrons. The molecular weight excluding hydrogens is 278 g/mol. The monoisotopic (exact) mass is 291 g/mol. The summed E-state index contributed by atoms with van der Waals surface area (Å²) in [5, 5.41) is 13.6. The number of hydrogen-bond donors (Lipinski definition) is 3. The molecule has 0 saturated carbocycles. The van der Waals surface area contributed by atoms with Gasteiger partial charge in [-0.25, -0.2) is 9.59 Å². The molecule has 1 aromatic carbocycles. The molecule has 0 aromatic heterocycles. The lowest BCUT2D eigenvalue weighted by atomic mass is 10.2. The van der Waals surface area contributed by atoms with E-state index in [1.807, 2.05) is 0 Å². The molecule has 1 aliphatic rings. The van der Waals surface area contributed by atoms with Crippen molar-refractivity contribution < 1.29 is 24.3 Å². The third-order valence-corrected chi connectivity index (χ3v) is 3.08. The topological polar surface area (TPSA) is 116 Å². The van der Waals surface area contributed by atoms with Crippen molar-refractivity contribution in [2.24, 2.45) is 0 Å². The van der Waals surface area contributed by atoms with Crippen molar-refractivity contribution in [2.45, 2.75) is 12.5 Å².